The fraction of sp³-hybridized carbons (Fsp3) is 0.286. The Bertz CT molecular complexity index is 1230. The van der Waals surface area contributed by atoms with Crippen LogP contribution in [-0.2, 0) is 16.1 Å². The van der Waals surface area contributed by atoms with Gasteiger partial charge in [0, 0.05) is 43.8 Å². The first kappa shape index (κ1) is 26.7. The molecule has 9 heteroatoms. The number of hydrogen-bond donors (Lipinski definition) is 0. The topological polar surface area (TPSA) is 59.1 Å². The van der Waals surface area contributed by atoms with Crippen molar-refractivity contribution >= 4 is 23.5 Å². The Morgan fingerprint density at radius 3 is 2.24 bits per heavy atom. The molecule has 194 valence electrons. The first-order valence-electron chi connectivity index (χ1n) is 11.8. The van der Waals surface area contributed by atoms with E-state index in [1.807, 2.05) is 36.4 Å². The van der Waals surface area contributed by atoms with E-state index in [2.05, 4.69) is 4.90 Å². The summed E-state index contributed by atoms with van der Waals surface area (Å²) in [5.41, 5.74) is 2.20. The van der Waals surface area contributed by atoms with Crippen molar-refractivity contribution in [3.63, 3.8) is 0 Å². The number of hydrogen-bond acceptors (Lipinski definition) is 5. The summed E-state index contributed by atoms with van der Waals surface area (Å²) in [6.45, 7) is 2.90. The van der Waals surface area contributed by atoms with Crippen molar-refractivity contribution in [3.05, 3.63) is 106 Å². The number of amides is 1. The van der Waals surface area contributed by atoms with Gasteiger partial charge in [-0.3, -0.25) is 9.69 Å². The normalized spacial score (nSPS) is 14.9. The molecule has 0 saturated carbocycles. The summed E-state index contributed by atoms with van der Waals surface area (Å²) < 4.78 is 38.3. The van der Waals surface area contributed by atoms with Crippen molar-refractivity contribution in [1.82, 2.24) is 9.80 Å². The molecular weight excluding hydrogens is 502 g/mol. The zero-order chi connectivity index (χ0) is 26.4. The van der Waals surface area contributed by atoms with E-state index in [-0.39, 0.29) is 11.7 Å². The molecule has 0 bridgehead atoms. The van der Waals surface area contributed by atoms with E-state index in [0.29, 0.717) is 49.9 Å². The molecule has 0 unspecified atom stereocenters. The lowest BCUT2D eigenvalue weighted by molar-refractivity contribution is 0.00336. The number of rotatable bonds is 8. The van der Waals surface area contributed by atoms with Crippen LogP contribution in [0.4, 0.5) is 8.78 Å². The molecule has 3 aromatic carbocycles. The van der Waals surface area contributed by atoms with Gasteiger partial charge in [0.15, 0.2) is 0 Å². The number of methoxy groups -OCH3 is 1. The molecule has 1 saturated heterocycles. The van der Waals surface area contributed by atoms with Gasteiger partial charge in [-0.15, -0.1) is 0 Å². The van der Waals surface area contributed by atoms with Gasteiger partial charge in [0.05, 0.1) is 30.9 Å². The maximum absolute atomic E-state index is 14.1. The first-order chi connectivity index (χ1) is 17.8. The second-order valence-corrected chi connectivity index (χ2v) is 9.19. The summed E-state index contributed by atoms with van der Waals surface area (Å²) >= 11 is 6.08. The van der Waals surface area contributed by atoms with Crippen molar-refractivity contribution in [2.24, 2.45) is 0 Å². The highest BCUT2D eigenvalue weighted by Crippen LogP contribution is 2.24. The van der Waals surface area contributed by atoms with E-state index < -0.39 is 23.5 Å². The van der Waals surface area contributed by atoms with E-state index in [4.69, 9.17) is 21.1 Å². The lowest BCUT2D eigenvalue weighted by atomic mass is 10.1. The number of carbonyl (C=O) groups excluding carboxylic acids is 2. The molecule has 3 aromatic rings. The summed E-state index contributed by atoms with van der Waals surface area (Å²) in [5, 5.41) is 0.626. The third kappa shape index (κ3) is 6.91. The molecule has 1 fully saturated rings. The second-order valence-electron chi connectivity index (χ2n) is 8.76. The van der Waals surface area contributed by atoms with Gasteiger partial charge < -0.3 is 14.4 Å². The van der Waals surface area contributed by atoms with Gasteiger partial charge in [-0.05, 0) is 47.5 Å². The van der Waals surface area contributed by atoms with E-state index >= 15 is 0 Å². The number of halogens is 3. The Kier molecular flexibility index (Phi) is 8.87. The summed E-state index contributed by atoms with van der Waals surface area (Å²) in [6.07, 6.45) is -0.269. The van der Waals surface area contributed by atoms with Crippen LogP contribution < -0.4 is 0 Å². The van der Waals surface area contributed by atoms with Gasteiger partial charge in [0.1, 0.15) is 11.6 Å². The maximum atomic E-state index is 14.1. The highest BCUT2D eigenvalue weighted by molar-refractivity contribution is 6.30. The van der Waals surface area contributed by atoms with Gasteiger partial charge in [-0.25, -0.2) is 13.6 Å². The van der Waals surface area contributed by atoms with Crippen LogP contribution in [0.15, 0.2) is 66.7 Å². The highest BCUT2D eigenvalue weighted by Gasteiger charge is 2.26. The van der Waals surface area contributed by atoms with Crippen LogP contribution in [0.3, 0.4) is 0 Å². The Balaban J connectivity index is 1.39. The fourth-order valence-corrected chi connectivity index (χ4v) is 4.31. The van der Waals surface area contributed by atoms with Crippen LogP contribution in [0, 0.1) is 11.6 Å². The van der Waals surface area contributed by atoms with Gasteiger partial charge >= 0.3 is 5.97 Å². The van der Waals surface area contributed by atoms with Gasteiger partial charge in [-0.1, -0.05) is 35.9 Å². The lowest BCUT2D eigenvalue weighted by Gasteiger charge is -2.36. The Morgan fingerprint density at radius 1 is 0.946 bits per heavy atom. The van der Waals surface area contributed by atoms with Crippen LogP contribution in [0.5, 0.6) is 0 Å². The van der Waals surface area contributed by atoms with Gasteiger partial charge in [0.25, 0.3) is 5.91 Å². The summed E-state index contributed by atoms with van der Waals surface area (Å²) in [4.78, 5) is 28.2. The molecule has 6 nitrogen and oxygen atoms in total. The van der Waals surface area contributed by atoms with Gasteiger partial charge in [0.2, 0.25) is 0 Å². The fourth-order valence-electron chi connectivity index (χ4n) is 4.18. The first-order valence-corrected chi connectivity index (χ1v) is 12.2. The molecule has 0 radical (unpaired) electrons. The van der Waals surface area contributed by atoms with Crippen molar-refractivity contribution in [2.75, 3.05) is 39.8 Å². The maximum Gasteiger partial charge on any atom is 0.337 e. The molecule has 37 heavy (non-hydrogen) atoms. The van der Waals surface area contributed by atoms with E-state index in [1.54, 1.807) is 17.0 Å². The van der Waals surface area contributed by atoms with Crippen LogP contribution in [0.2, 0.25) is 5.02 Å². The Morgan fingerprint density at radius 2 is 1.62 bits per heavy atom. The average molecular weight is 529 g/mol. The molecule has 0 aliphatic carbocycles. The standard InChI is InChI=1S/C28H27ClF2N2O4/c1-36-28(35)21-4-2-19(3-5-21)18-37-26(20-6-8-22(29)9-7-20)17-32-12-14-33(15-13-32)27(34)24-11-10-23(30)16-25(24)31/h2-11,16,26H,12-15,17-18H2,1H3/t26-/m0/s1. The molecule has 0 aromatic heterocycles. The molecular formula is C28H27ClF2N2O4. The number of carbonyl (C=O) groups is 2. The van der Waals surface area contributed by atoms with E-state index in [9.17, 15) is 18.4 Å². The zero-order valence-corrected chi connectivity index (χ0v) is 21.1. The van der Waals surface area contributed by atoms with Crippen molar-refractivity contribution in [2.45, 2.75) is 12.7 Å². The average Bonchev–Trinajstić information content (AvgIpc) is 2.91. The molecule has 1 amide bonds. The molecule has 1 aliphatic heterocycles. The van der Waals surface area contributed by atoms with Crippen molar-refractivity contribution in [1.29, 1.82) is 0 Å². The SMILES string of the molecule is COC(=O)c1ccc(CO[C@@H](CN2CCN(C(=O)c3ccc(F)cc3F)CC2)c2ccc(Cl)cc2)cc1. The zero-order valence-electron chi connectivity index (χ0n) is 20.3. The van der Waals surface area contributed by atoms with Crippen LogP contribution >= 0.6 is 11.6 Å². The highest BCUT2D eigenvalue weighted by atomic mass is 35.5. The Labute approximate surface area is 219 Å². The van der Waals surface area contributed by atoms with Crippen molar-refractivity contribution < 1.29 is 27.8 Å². The summed E-state index contributed by atoms with van der Waals surface area (Å²) in [5.74, 6) is -2.42. The number of ether oxygens (including phenoxy) is 2. The summed E-state index contributed by atoms with van der Waals surface area (Å²) in [7, 11) is 1.34. The lowest BCUT2D eigenvalue weighted by Crippen LogP contribution is -2.49. The minimum Gasteiger partial charge on any atom is -0.465 e. The van der Waals surface area contributed by atoms with E-state index in [0.717, 1.165) is 23.3 Å². The number of benzene rings is 3. The van der Waals surface area contributed by atoms with Gasteiger partial charge in [-0.2, -0.15) is 0 Å². The minimum atomic E-state index is -0.858. The molecule has 1 atom stereocenters. The minimum absolute atomic E-state index is 0.129. The molecule has 0 N–H and O–H groups in total. The number of esters is 1. The summed E-state index contributed by atoms with van der Waals surface area (Å²) in [6, 6.07) is 17.5. The third-order valence-electron chi connectivity index (χ3n) is 6.31. The predicted octanol–water partition coefficient (Wildman–Crippen LogP) is 5.12. The number of piperazine rings is 1. The van der Waals surface area contributed by atoms with E-state index in [1.165, 1.54) is 13.2 Å². The molecule has 4 rings (SSSR count). The number of nitrogens with zero attached hydrogens (tertiary/aromatic N) is 2. The second kappa shape index (κ2) is 12.3. The van der Waals surface area contributed by atoms with Crippen LogP contribution in [0.25, 0.3) is 0 Å². The Hall–Kier alpha value is -3.33. The van der Waals surface area contributed by atoms with Crippen LogP contribution in [0.1, 0.15) is 37.9 Å². The van der Waals surface area contributed by atoms with Crippen LogP contribution in [-0.4, -0.2) is 61.5 Å². The third-order valence-corrected chi connectivity index (χ3v) is 6.57. The monoisotopic (exact) mass is 528 g/mol. The quantitative estimate of drug-likeness (QED) is 0.380. The molecule has 0 spiro atoms. The molecule has 1 heterocycles. The largest absolute Gasteiger partial charge is 0.465 e. The predicted molar refractivity (Wildman–Crippen MR) is 135 cm³/mol. The molecule has 1 aliphatic rings. The van der Waals surface area contributed by atoms with Crippen molar-refractivity contribution in [3.8, 4) is 0 Å². The smallest absolute Gasteiger partial charge is 0.337 e.